The minimum Gasteiger partial charge on any atom is -0.362 e. The highest BCUT2D eigenvalue weighted by molar-refractivity contribution is 5.85. The van der Waals surface area contributed by atoms with Crippen molar-refractivity contribution in [2.45, 2.75) is 47.0 Å². The number of para-hydroxylation sites is 1. The summed E-state index contributed by atoms with van der Waals surface area (Å²) in [4.78, 5) is 26.2. The Morgan fingerprint density at radius 3 is 2.54 bits per heavy atom. The second-order valence-electron chi connectivity index (χ2n) is 7.72. The van der Waals surface area contributed by atoms with E-state index >= 15 is 0 Å². The topological polar surface area (TPSA) is 61.4 Å². The van der Waals surface area contributed by atoms with Gasteiger partial charge in [-0.05, 0) is 35.8 Å². The molecule has 0 bridgehead atoms. The number of amides is 2. The minimum absolute atomic E-state index is 0.0683. The number of carbonyl (C=O) groups excluding carboxylic acids is 2. The molecule has 2 rings (SSSR count). The number of hydrogen-bond acceptors (Lipinski definition) is 3. The van der Waals surface area contributed by atoms with Crippen LogP contribution in [0.25, 0.3) is 0 Å². The van der Waals surface area contributed by atoms with Crippen LogP contribution < -0.4 is 15.8 Å². The fraction of sp³-hybridized carbons (Fsp3) is 0.579. The number of hydrogen-bond donors (Lipinski definition) is 2. The lowest BCUT2D eigenvalue weighted by Crippen LogP contribution is -2.48. The van der Waals surface area contributed by atoms with E-state index in [4.69, 9.17) is 0 Å². The van der Waals surface area contributed by atoms with Crippen molar-refractivity contribution in [2.24, 2.45) is 11.3 Å². The number of nitrogens with zero attached hydrogens (tertiary/aromatic N) is 1. The van der Waals surface area contributed by atoms with Crippen molar-refractivity contribution >= 4 is 17.5 Å². The van der Waals surface area contributed by atoms with E-state index in [0.29, 0.717) is 6.42 Å². The van der Waals surface area contributed by atoms with Crippen molar-refractivity contribution in [3.63, 3.8) is 0 Å². The van der Waals surface area contributed by atoms with Crippen molar-refractivity contribution in [3.05, 3.63) is 29.8 Å². The molecule has 0 fully saturated rings. The second-order valence-corrected chi connectivity index (χ2v) is 7.72. The molecule has 2 amide bonds. The summed E-state index contributed by atoms with van der Waals surface area (Å²) in [7, 11) is 0. The molecule has 1 aromatic rings. The molecule has 24 heavy (non-hydrogen) atoms. The molecule has 0 spiro atoms. The summed E-state index contributed by atoms with van der Waals surface area (Å²) in [6.45, 7) is 9.49. The predicted octanol–water partition coefficient (Wildman–Crippen LogP) is 2.66. The van der Waals surface area contributed by atoms with Gasteiger partial charge < -0.3 is 4.90 Å². The van der Waals surface area contributed by atoms with Gasteiger partial charge >= 0.3 is 0 Å². The van der Waals surface area contributed by atoms with Crippen molar-refractivity contribution in [2.75, 3.05) is 18.0 Å². The van der Waals surface area contributed by atoms with Gasteiger partial charge in [0.15, 0.2) is 0 Å². The first-order chi connectivity index (χ1) is 11.3. The highest BCUT2D eigenvalue weighted by atomic mass is 16.2. The van der Waals surface area contributed by atoms with E-state index in [1.165, 1.54) is 5.56 Å². The van der Waals surface area contributed by atoms with Gasteiger partial charge in [0.05, 0.1) is 6.54 Å². The number of nitrogens with one attached hydrogen (secondary N) is 2. The molecule has 0 aromatic heterocycles. The van der Waals surface area contributed by atoms with Crippen LogP contribution in [-0.2, 0) is 16.0 Å². The van der Waals surface area contributed by atoms with E-state index in [0.717, 1.165) is 25.1 Å². The summed E-state index contributed by atoms with van der Waals surface area (Å²) in [6, 6.07) is 8.17. The fourth-order valence-electron chi connectivity index (χ4n) is 2.76. The van der Waals surface area contributed by atoms with Crippen LogP contribution in [-0.4, -0.2) is 24.9 Å². The Balaban J connectivity index is 1.81. The lowest BCUT2D eigenvalue weighted by molar-refractivity contribution is -0.129. The van der Waals surface area contributed by atoms with E-state index in [9.17, 15) is 9.59 Å². The van der Waals surface area contributed by atoms with Crippen LogP contribution in [0, 0.1) is 11.3 Å². The monoisotopic (exact) mass is 331 g/mol. The highest BCUT2D eigenvalue weighted by Gasteiger charge is 2.23. The third-order valence-electron chi connectivity index (χ3n) is 4.85. The van der Waals surface area contributed by atoms with Gasteiger partial charge in [0.25, 0.3) is 5.91 Å². The molecule has 1 unspecified atom stereocenters. The summed E-state index contributed by atoms with van der Waals surface area (Å²) in [6.07, 6.45) is 2.49. The van der Waals surface area contributed by atoms with Gasteiger partial charge in [-0.1, -0.05) is 45.9 Å². The Morgan fingerprint density at radius 2 is 1.83 bits per heavy atom. The lowest BCUT2D eigenvalue weighted by atomic mass is 9.80. The molecule has 5 nitrogen and oxygen atoms in total. The number of rotatable bonds is 4. The molecule has 0 radical (unpaired) electrons. The molecule has 1 aromatic carbocycles. The Labute approximate surface area is 144 Å². The average molecular weight is 331 g/mol. The van der Waals surface area contributed by atoms with Crippen LogP contribution in [0.1, 0.15) is 46.1 Å². The molecule has 1 aliphatic heterocycles. The van der Waals surface area contributed by atoms with Crippen molar-refractivity contribution < 1.29 is 9.59 Å². The molecule has 1 atom stereocenters. The molecular weight excluding hydrogens is 302 g/mol. The molecule has 0 saturated heterocycles. The molecule has 5 heteroatoms. The number of benzene rings is 1. The summed E-state index contributed by atoms with van der Waals surface area (Å²) < 4.78 is 0. The van der Waals surface area contributed by atoms with Crippen LogP contribution in [0.15, 0.2) is 24.3 Å². The van der Waals surface area contributed by atoms with Crippen molar-refractivity contribution in [3.8, 4) is 0 Å². The number of fused-ring (bicyclic) bond motifs is 1. The van der Waals surface area contributed by atoms with E-state index in [-0.39, 0.29) is 29.7 Å². The third-order valence-corrected chi connectivity index (χ3v) is 4.85. The zero-order chi connectivity index (χ0) is 17.7. The number of anilines is 1. The quantitative estimate of drug-likeness (QED) is 0.834. The maximum absolute atomic E-state index is 12.1. The normalized spacial score (nSPS) is 15.4. The SMILES string of the molecule is CC(CC(=O)NNC(=O)CN1CCCc2ccccc21)C(C)(C)C. The Kier molecular flexibility index (Phi) is 5.86. The highest BCUT2D eigenvalue weighted by Crippen LogP contribution is 2.28. The van der Waals surface area contributed by atoms with Gasteiger partial charge in [-0.2, -0.15) is 0 Å². The zero-order valence-electron chi connectivity index (χ0n) is 15.2. The van der Waals surface area contributed by atoms with Gasteiger partial charge in [-0.25, -0.2) is 0 Å². The summed E-state index contributed by atoms with van der Waals surface area (Å²) in [5, 5.41) is 0. The maximum Gasteiger partial charge on any atom is 0.257 e. The molecule has 0 aliphatic carbocycles. The third kappa shape index (κ3) is 4.98. The Morgan fingerprint density at radius 1 is 1.17 bits per heavy atom. The van der Waals surface area contributed by atoms with E-state index in [1.807, 2.05) is 25.1 Å². The fourth-order valence-corrected chi connectivity index (χ4v) is 2.76. The van der Waals surface area contributed by atoms with Crippen LogP contribution >= 0.6 is 0 Å². The smallest absolute Gasteiger partial charge is 0.257 e. The standard InChI is InChI=1S/C19H29N3O2/c1-14(19(2,3)4)12-17(23)20-21-18(24)13-22-11-7-9-15-8-5-6-10-16(15)22/h5-6,8,10,14H,7,9,11-13H2,1-4H3,(H,20,23)(H,21,24). The number of aryl methyl sites for hydroxylation is 1. The summed E-state index contributed by atoms with van der Waals surface area (Å²) >= 11 is 0. The number of carbonyl (C=O) groups is 2. The number of hydrazine groups is 1. The Bertz CT molecular complexity index is 593. The summed E-state index contributed by atoms with van der Waals surface area (Å²) in [5.41, 5.74) is 7.53. The molecule has 132 valence electrons. The predicted molar refractivity (Wildman–Crippen MR) is 96.5 cm³/mol. The van der Waals surface area contributed by atoms with Crippen LogP contribution in [0.3, 0.4) is 0 Å². The van der Waals surface area contributed by atoms with Crippen LogP contribution in [0.2, 0.25) is 0 Å². The van der Waals surface area contributed by atoms with Crippen molar-refractivity contribution in [1.82, 2.24) is 10.9 Å². The maximum atomic E-state index is 12.1. The van der Waals surface area contributed by atoms with E-state index in [1.54, 1.807) is 0 Å². The first kappa shape index (κ1) is 18.3. The average Bonchev–Trinajstić information content (AvgIpc) is 2.52. The van der Waals surface area contributed by atoms with Gasteiger partial charge in [0, 0.05) is 18.7 Å². The van der Waals surface area contributed by atoms with Gasteiger partial charge in [0.1, 0.15) is 0 Å². The first-order valence-corrected chi connectivity index (χ1v) is 8.68. The Hall–Kier alpha value is -2.04. The van der Waals surface area contributed by atoms with Crippen molar-refractivity contribution in [1.29, 1.82) is 0 Å². The molecule has 1 heterocycles. The van der Waals surface area contributed by atoms with E-state index in [2.05, 4.69) is 42.6 Å². The van der Waals surface area contributed by atoms with Crippen LogP contribution in [0.4, 0.5) is 5.69 Å². The minimum atomic E-state index is -0.191. The van der Waals surface area contributed by atoms with E-state index < -0.39 is 0 Å². The molecular formula is C19H29N3O2. The summed E-state index contributed by atoms with van der Waals surface area (Å²) in [5.74, 6) is -0.100. The van der Waals surface area contributed by atoms with Gasteiger partial charge in [-0.3, -0.25) is 20.4 Å². The molecule has 0 saturated carbocycles. The second kappa shape index (κ2) is 7.69. The first-order valence-electron chi connectivity index (χ1n) is 8.68. The molecule has 1 aliphatic rings. The van der Waals surface area contributed by atoms with Gasteiger partial charge in [0.2, 0.25) is 5.91 Å². The van der Waals surface area contributed by atoms with Crippen LogP contribution in [0.5, 0.6) is 0 Å². The lowest BCUT2D eigenvalue weighted by Gasteiger charge is -2.30. The largest absolute Gasteiger partial charge is 0.362 e. The van der Waals surface area contributed by atoms with Gasteiger partial charge in [-0.15, -0.1) is 0 Å². The zero-order valence-corrected chi connectivity index (χ0v) is 15.2. The molecule has 2 N–H and O–H groups in total.